The van der Waals surface area contributed by atoms with Crippen molar-refractivity contribution in [1.82, 2.24) is 15.5 Å². The summed E-state index contributed by atoms with van der Waals surface area (Å²) in [6.45, 7) is 1.96. The highest BCUT2D eigenvalue weighted by Gasteiger charge is 2.16. The summed E-state index contributed by atoms with van der Waals surface area (Å²) in [6, 6.07) is 14.3. The van der Waals surface area contributed by atoms with Crippen molar-refractivity contribution in [2.45, 2.75) is 20.1 Å². The Hall–Kier alpha value is -4.27. The molecule has 0 aliphatic carbocycles. The fraction of sp³-hybridized carbons (Fsp3) is 0.130. The van der Waals surface area contributed by atoms with Gasteiger partial charge in [-0.25, -0.2) is 4.39 Å². The molecule has 0 saturated carbocycles. The fourth-order valence-corrected chi connectivity index (χ4v) is 2.92. The van der Waals surface area contributed by atoms with E-state index in [0.717, 1.165) is 5.56 Å². The van der Waals surface area contributed by atoms with E-state index in [9.17, 15) is 14.0 Å². The molecular formula is C23H18FN3O5. The molecule has 32 heavy (non-hydrogen) atoms. The normalized spacial score (nSPS) is 10.7. The molecule has 0 radical (unpaired) electrons. The second kappa shape index (κ2) is 9.25. The number of nitrogens with zero attached hydrogens (tertiary/aromatic N) is 2. The molecule has 8 nitrogen and oxygen atoms in total. The second-order valence-electron chi connectivity index (χ2n) is 6.89. The van der Waals surface area contributed by atoms with Crippen LogP contribution >= 0.6 is 0 Å². The van der Waals surface area contributed by atoms with Crippen molar-refractivity contribution < 1.29 is 22.9 Å². The average Bonchev–Trinajstić information content (AvgIpc) is 3.28. The number of carbonyl (C=O) groups excluding carboxylic acids is 1. The van der Waals surface area contributed by atoms with Crippen molar-refractivity contribution in [3.63, 3.8) is 0 Å². The van der Waals surface area contributed by atoms with Crippen molar-refractivity contribution in [3.8, 4) is 17.1 Å². The molecule has 0 aliphatic rings. The van der Waals surface area contributed by atoms with Crippen LogP contribution in [0.15, 0.2) is 74.6 Å². The number of benzene rings is 2. The molecule has 4 aromatic rings. The van der Waals surface area contributed by atoms with Crippen molar-refractivity contribution in [3.05, 3.63) is 99.7 Å². The number of rotatable bonds is 7. The lowest BCUT2D eigenvalue weighted by atomic mass is 10.1. The third-order valence-electron chi connectivity index (χ3n) is 4.57. The number of halogens is 1. The van der Waals surface area contributed by atoms with Gasteiger partial charge in [0.1, 0.15) is 18.2 Å². The van der Waals surface area contributed by atoms with Crippen LogP contribution in [0.4, 0.5) is 4.39 Å². The van der Waals surface area contributed by atoms with Gasteiger partial charge in [-0.2, -0.15) is 4.98 Å². The van der Waals surface area contributed by atoms with Crippen molar-refractivity contribution >= 4 is 5.91 Å². The molecule has 4 rings (SSSR count). The maximum absolute atomic E-state index is 13.2. The molecule has 2 heterocycles. The van der Waals surface area contributed by atoms with Crippen LogP contribution in [0, 0.1) is 12.7 Å². The van der Waals surface area contributed by atoms with Gasteiger partial charge in [-0.05, 0) is 30.2 Å². The first-order valence-electron chi connectivity index (χ1n) is 9.66. The average molecular weight is 435 g/mol. The Balaban J connectivity index is 1.37. The first-order valence-corrected chi connectivity index (χ1v) is 9.66. The van der Waals surface area contributed by atoms with Gasteiger partial charge >= 0.3 is 11.8 Å². The number of nitrogens with one attached hydrogen (secondary N) is 1. The Bertz CT molecular complexity index is 1300. The van der Waals surface area contributed by atoms with E-state index in [-0.39, 0.29) is 41.9 Å². The lowest BCUT2D eigenvalue weighted by molar-refractivity contribution is 0.0907. The number of carbonyl (C=O) groups is 1. The number of aryl methyl sites for hydroxylation is 1. The monoisotopic (exact) mass is 435 g/mol. The lowest BCUT2D eigenvalue weighted by Gasteiger charge is -2.07. The fourth-order valence-electron chi connectivity index (χ4n) is 2.92. The minimum atomic E-state index is -0.560. The Labute approximate surface area is 181 Å². The minimum Gasteiger partial charge on any atom is -0.482 e. The van der Waals surface area contributed by atoms with Gasteiger partial charge in [-0.3, -0.25) is 9.59 Å². The summed E-state index contributed by atoms with van der Waals surface area (Å²) in [5.74, 6) is -0.320. The van der Waals surface area contributed by atoms with Crippen molar-refractivity contribution in [1.29, 1.82) is 0 Å². The van der Waals surface area contributed by atoms with Crippen LogP contribution in [0.3, 0.4) is 0 Å². The Morgan fingerprint density at radius 2 is 1.94 bits per heavy atom. The molecule has 2 aromatic heterocycles. The number of amides is 1. The third kappa shape index (κ3) is 4.89. The zero-order valence-corrected chi connectivity index (χ0v) is 17.0. The topological polar surface area (TPSA) is 107 Å². The van der Waals surface area contributed by atoms with E-state index < -0.39 is 5.91 Å². The molecule has 0 atom stereocenters. The van der Waals surface area contributed by atoms with Crippen LogP contribution in [0.5, 0.6) is 5.75 Å². The van der Waals surface area contributed by atoms with E-state index in [1.807, 2.05) is 0 Å². The van der Waals surface area contributed by atoms with Gasteiger partial charge in [-0.15, -0.1) is 0 Å². The predicted octanol–water partition coefficient (Wildman–Crippen LogP) is 3.65. The Morgan fingerprint density at radius 1 is 1.12 bits per heavy atom. The molecule has 1 N–H and O–H groups in total. The molecule has 0 aliphatic heterocycles. The summed E-state index contributed by atoms with van der Waals surface area (Å²) >= 11 is 0. The van der Waals surface area contributed by atoms with E-state index in [0.29, 0.717) is 16.9 Å². The van der Waals surface area contributed by atoms with Crippen molar-refractivity contribution in [2.75, 3.05) is 0 Å². The van der Waals surface area contributed by atoms with E-state index in [4.69, 9.17) is 13.7 Å². The number of hydrogen-bond acceptors (Lipinski definition) is 7. The van der Waals surface area contributed by atoms with E-state index >= 15 is 0 Å². The van der Waals surface area contributed by atoms with E-state index in [2.05, 4.69) is 15.5 Å². The number of hydrogen-bond donors (Lipinski definition) is 1. The van der Waals surface area contributed by atoms with Crippen LogP contribution in [-0.4, -0.2) is 16.0 Å². The van der Waals surface area contributed by atoms with Crippen LogP contribution < -0.4 is 15.5 Å². The highest BCUT2D eigenvalue weighted by molar-refractivity contribution is 5.89. The maximum Gasteiger partial charge on any atom is 0.316 e. The zero-order chi connectivity index (χ0) is 22.5. The van der Waals surface area contributed by atoms with Gasteiger partial charge in [0.05, 0.1) is 6.26 Å². The van der Waals surface area contributed by atoms with E-state index in [1.54, 1.807) is 43.3 Å². The summed E-state index contributed by atoms with van der Waals surface area (Å²) in [7, 11) is 0. The summed E-state index contributed by atoms with van der Waals surface area (Å²) in [5.41, 5.74) is 1.81. The highest BCUT2D eigenvalue weighted by Crippen LogP contribution is 2.18. The molecule has 0 fully saturated rings. The zero-order valence-electron chi connectivity index (χ0n) is 17.0. The van der Waals surface area contributed by atoms with Crippen LogP contribution in [-0.2, 0) is 13.2 Å². The summed E-state index contributed by atoms with van der Waals surface area (Å²) < 4.78 is 29.0. The molecule has 1 amide bonds. The SMILES string of the molecule is Cc1occc(=O)c1OCc1ccc(-c2noc(C(=O)NCc3cccc(F)c3)n2)cc1. The maximum atomic E-state index is 13.2. The molecule has 0 spiro atoms. The van der Waals surface area contributed by atoms with Gasteiger partial charge < -0.3 is 19.0 Å². The predicted molar refractivity (Wildman–Crippen MR) is 111 cm³/mol. The molecule has 0 saturated heterocycles. The molecule has 0 bridgehead atoms. The van der Waals surface area contributed by atoms with Crippen molar-refractivity contribution in [2.24, 2.45) is 0 Å². The molecule has 2 aromatic carbocycles. The lowest BCUT2D eigenvalue weighted by Crippen LogP contribution is -2.23. The number of ether oxygens (including phenoxy) is 1. The smallest absolute Gasteiger partial charge is 0.316 e. The van der Waals surface area contributed by atoms with Crippen LogP contribution in [0.2, 0.25) is 0 Å². The van der Waals surface area contributed by atoms with Gasteiger partial charge in [0.15, 0.2) is 0 Å². The van der Waals surface area contributed by atoms with Gasteiger partial charge in [0.25, 0.3) is 0 Å². The standard InChI is InChI=1S/C23H18FN3O5/c1-14-20(19(28)9-10-30-14)31-13-15-5-7-17(8-6-15)21-26-23(32-27-21)22(29)25-12-16-3-2-4-18(24)11-16/h2-11H,12-13H2,1H3,(H,25,29). The Kier molecular flexibility index (Phi) is 6.07. The van der Waals surface area contributed by atoms with Crippen LogP contribution in [0.25, 0.3) is 11.4 Å². The highest BCUT2D eigenvalue weighted by atomic mass is 19.1. The molecule has 9 heteroatoms. The quantitative estimate of drug-likeness (QED) is 0.472. The first-order chi connectivity index (χ1) is 15.5. The molecular weight excluding hydrogens is 417 g/mol. The minimum absolute atomic E-state index is 0.127. The van der Waals surface area contributed by atoms with E-state index in [1.165, 1.54) is 24.5 Å². The second-order valence-corrected chi connectivity index (χ2v) is 6.89. The largest absolute Gasteiger partial charge is 0.482 e. The van der Waals surface area contributed by atoms with Gasteiger partial charge in [0.2, 0.25) is 17.0 Å². The van der Waals surface area contributed by atoms with Gasteiger partial charge in [-0.1, -0.05) is 41.6 Å². The summed E-state index contributed by atoms with van der Waals surface area (Å²) in [6.07, 6.45) is 1.32. The summed E-state index contributed by atoms with van der Waals surface area (Å²) in [4.78, 5) is 28.2. The Morgan fingerprint density at radius 3 is 2.69 bits per heavy atom. The third-order valence-corrected chi connectivity index (χ3v) is 4.57. The number of aromatic nitrogens is 2. The molecule has 162 valence electrons. The van der Waals surface area contributed by atoms with Gasteiger partial charge in [0, 0.05) is 18.2 Å². The summed E-state index contributed by atoms with van der Waals surface area (Å²) in [5, 5.41) is 6.44. The van der Waals surface area contributed by atoms with Crippen LogP contribution in [0.1, 0.15) is 27.6 Å². The molecule has 0 unspecified atom stereocenters. The first kappa shape index (κ1) is 21.0.